The molecule has 1 heterocycles. The van der Waals surface area contributed by atoms with Gasteiger partial charge in [-0.3, -0.25) is 9.69 Å². The molecule has 0 radical (unpaired) electrons. The number of nitrogens with zero attached hydrogens (tertiary/aromatic N) is 2. The fraction of sp³-hybridized carbons (Fsp3) is 0.929. The summed E-state index contributed by atoms with van der Waals surface area (Å²) in [5, 5.41) is 0. The van der Waals surface area contributed by atoms with E-state index < -0.39 is 15.9 Å². The Labute approximate surface area is 127 Å². The van der Waals surface area contributed by atoms with E-state index in [-0.39, 0.29) is 18.1 Å². The van der Waals surface area contributed by atoms with Crippen molar-refractivity contribution in [2.24, 2.45) is 5.73 Å². The van der Waals surface area contributed by atoms with Crippen LogP contribution in [0.5, 0.6) is 0 Å². The Bertz CT molecular complexity index is 452. The van der Waals surface area contributed by atoms with E-state index in [2.05, 4.69) is 4.90 Å². The van der Waals surface area contributed by atoms with E-state index in [0.29, 0.717) is 19.1 Å². The topological polar surface area (TPSA) is 83.7 Å². The fourth-order valence-corrected chi connectivity index (χ4v) is 3.96. The lowest BCUT2D eigenvalue weighted by atomic mass is 10.1. The standard InChI is InChI=1S/C14H27N3O3S/c1-21(19,20)11-6-13(15)14(18)17-9-7-16(8-10-17)12-4-2-3-5-12/h12-13H,2-11,15H2,1H3. The van der Waals surface area contributed by atoms with E-state index in [1.165, 1.54) is 31.9 Å². The zero-order chi connectivity index (χ0) is 15.5. The van der Waals surface area contributed by atoms with Crippen LogP contribution in [0.4, 0.5) is 0 Å². The van der Waals surface area contributed by atoms with Crippen molar-refractivity contribution in [3.05, 3.63) is 0 Å². The molecular weight excluding hydrogens is 290 g/mol. The lowest BCUT2D eigenvalue weighted by Gasteiger charge is -2.38. The molecule has 2 N–H and O–H groups in total. The predicted molar refractivity (Wildman–Crippen MR) is 82.7 cm³/mol. The molecule has 1 aliphatic carbocycles. The van der Waals surface area contributed by atoms with Gasteiger partial charge in [-0.05, 0) is 19.3 Å². The van der Waals surface area contributed by atoms with Crippen molar-refractivity contribution in [2.75, 3.05) is 38.2 Å². The van der Waals surface area contributed by atoms with Gasteiger partial charge in [0.25, 0.3) is 0 Å². The highest BCUT2D eigenvalue weighted by atomic mass is 32.2. The van der Waals surface area contributed by atoms with Gasteiger partial charge < -0.3 is 10.6 Å². The molecule has 21 heavy (non-hydrogen) atoms. The van der Waals surface area contributed by atoms with Crippen LogP contribution < -0.4 is 5.73 Å². The summed E-state index contributed by atoms with van der Waals surface area (Å²) in [5.41, 5.74) is 5.84. The summed E-state index contributed by atoms with van der Waals surface area (Å²) in [7, 11) is -3.06. The molecule has 0 aromatic heterocycles. The predicted octanol–water partition coefficient (Wildman–Crippen LogP) is -0.165. The van der Waals surface area contributed by atoms with Gasteiger partial charge in [-0.2, -0.15) is 0 Å². The molecule has 1 atom stereocenters. The van der Waals surface area contributed by atoms with Gasteiger partial charge in [-0.15, -0.1) is 0 Å². The Morgan fingerprint density at radius 2 is 1.76 bits per heavy atom. The van der Waals surface area contributed by atoms with Crippen LogP contribution in [0.1, 0.15) is 32.1 Å². The van der Waals surface area contributed by atoms with Crippen molar-refractivity contribution >= 4 is 15.7 Å². The summed E-state index contributed by atoms with van der Waals surface area (Å²) in [6.07, 6.45) is 6.58. The monoisotopic (exact) mass is 317 g/mol. The van der Waals surface area contributed by atoms with Gasteiger partial charge in [0, 0.05) is 38.5 Å². The lowest BCUT2D eigenvalue weighted by molar-refractivity contribution is -0.134. The van der Waals surface area contributed by atoms with Crippen LogP contribution in [0, 0.1) is 0 Å². The molecule has 0 spiro atoms. The SMILES string of the molecule is CS(=O)(=O)CCC(N)C(=O)N1CCN(C2CCCC2)CC1. The summed E-state index contributed by atoms with van der Waals surface area (Å²) >= 11 is 0. The molecule has 1 amide bonds. The van der Waals surface area contributed by atoms with Crippen LogP contribution in [0.25, 0.3) is 0 Å². The summed E-state index contributed by atoms with van der Waals surface area (Å²) < 4.78 is 22.3. The van der Waals surface area contributed by atoms with E-state index in [4.69, 9.17) is 5.73 Å². The quantitative estimate of drug-likeness (QED) is 0.761. The van der Waals surface area contributed by atoms with E-state index in [9.17, 15) is 13.2 Å². The Morgan fingerprint density at radius 3 is 2.29 bits per heavy atom. The number of piperazine rings is 1. The third-order valence-corrected chi connectivity index (χ3v) is 5.56. The average molecular weight is 317 g/mol. The number of hydrogen-bond donors (Lipinski definition) is 1. The second kappa shape index (κ2) is 7.07. The maximum Gasteiger partial charge on any atom is 0.239 e. The molecule has 1 saturated heterocycles. The maximum absolute atomic E-state index is 12.2. The van der Waals surface area contributed by atoms with Crippen molar-refractivity contribution in [2.45, 2.75) is 44.2 Å². The van der Waals surface area contributed by atoms with Crippen LogP contribution >= 0.6 is 0 Å². The third-order valence-electron chi connectivity index (χ3n) is 4.58. The molecule has 0 bridgehead atoms. The number of rotatable bonds is 5. The first-order chi connectivity index (χ1) is 9.87. The Morgan fingerprint density at radius 1 is 1.19 bits per heavy atom. The summed E-state index contributed by atoms with van der Waals surface area (Å²) in [6.45, 7) is 3.24. The number of carbonyl (C=O) groups excluding carboxylic acids is 1. The Balaban J connectivity index is 1.76. The number of carbonyl (C=O) groups is 1. The Hall–Kier alpha value is -0.660. The molecule has 122 valence electrons. The molecule has 1 aliphatic heterocycles. The smallest absolute Gasteiger partial charge is 0.239 e. The van der Waals surface area contributed by atoms with E-state index in [1.54, 1.807) is 4.90 Å². The minimum atomic E-state index is -3.06. The fourth-order valence-electron chi connectivity index (χ4n) is 3.28. The molecule has 1 saturated carbocycles. The summed E-state index contributed by atoms with van der Waals surface area (Å²) in [5.74, 6) is -0.133. The third kappa shape index (κ3) is 4.93. The van der Waals surface area contributed by atoms with Crippen molar-refractivity contribution in [1.29, 1.82) is 0 Å². The van der Waals surface area contributed by atoms with Crippen LogP contribution in [-0.2, 0) is 14.6 Å². The molecule has 2 fully saturated rings. The van der Waals surface area contributed by atoms with Gasteiger partial charge in [0.1, 0.15) is 9.84 Å². The molecule has 0 aromatic carbocycles. The highest BCUT2D eigenvalue weighted by molar-refractivity contribution is 7.90. The van der Waals surface area contributed by atoms with Crippen LogP contribution in [0.3, 0.4) is 0 Å². The van der Waals surface area contributed by atoms with Crippen LogP contribution in [-0.4, -0.2) is 74.4 Å². The number of nitrogens with two attached hydrogens (primary N) is 1. The Kier molecular flexibility index (Phi) is 5.62. The normalized spacial score (nSPS) is 23.4. The maximum atomic E-state index is 12.2. The van der Waals surface area contributed by atoms with E-state index in [1.807, 2.05) is 0 Å². The molecule has 2 rings (SSSR count). The van der Waals surface area contributed by atoms with Gasteiger partial charge >= 0.3 is 0 Å². The zero-order valence-electron chi connectivity index (χ0n) is 12.8. The summed E-state index contributed by atoms with van der Waals surface area (Å²) in [4.78, 5) is 16.5. The van der Waals surface area contributed by atoms with Gasteiger partial charge in [-0.1, -0.05) is 12.8 Å². The van der Waals surface area contributed by atoms with Crippen molar-refractivity contribution in [3.63, 3.8) is 0 Å². The van der Waals surface area contributed by atoms with Gasteiger partial charge in [0.05, 0.1) is 11.8 Å². The lowest BCUT2D eigenvalue weighted by Crippen LogP contribution is -2.55. The van der Waals surface area contributed by atoms with Crippen LogP contribution in [0.2, 0.25) is 0 Å². The molecule has 2 aliphatic rings. The average Bonchev–Trinajstić information content (AvgIpc) is 2.97. The van der Waals surface area contributed by atoms with E-state index in [0.717, 1.165) is 13.1 Å². The molecule has 0 aromatic rings. The number of hydrogen-bond acceptors (Lipinski definition) is 5. The van der Waals surface area contributed by atoms with Crippen molar-refractivity contribution < 1.29 is 13.2 Å². The first kappa shape index (κ1) is 16.7. The highest BCUT2D eigenvalue weighted by Gasteiger charge is 2.29. The summed E-state index contributed by atoms with van der Waals surface area (Å²) in [6, 6.07) is -0.00100. The molecule has 1 unspecified atom stereocenters. The van der Waals surface area contributed by atoms with Gasteiger partial charge in [0.2, 0.25) is 5.91 Å². The van der Waals surface area contributed by atoms with Gasteiger partial charge in [-0.25, -0.2) is 8.42 Å². The van der Waals surface area contributed by atoms with E-state index >= 15 is 0 Å². The highest BCUT2D eigenvalue weighted by Crippen LogP contribution is 2.24. The van der Waals surface area contributed by atoms with Crippen LogP contribution in [0.15, 0.2) is 0 Å². The van der Waals surface area contributed by atoms with Gasteiger partial charge in [0.15, 0.2) is 0 Å². The minimum absolute atomic E-state index is 0.0258. The molecule has 7 heteroatoms. The molecule has 6 nitrogen and oxygen atoms in total. The second-order valence-corrected chi connectivity index (χ2v) is 8.58. The molecular formula is C14H27N3O3S. The second-order valence-electron chi connectivity index (χ2n) is 6.32. The largest absolute Gasteiger partial charge is 0.339 e. The first-order valence-electron chi connectivity index (χ1n) is 7.83. The van der Waals surface area contributed by atoms with Crippen molar-refractivity contribution in [1.82, 2.24) is 9.80 Å². The number of sulfone groups is 1. The van der Waals surface area contributed by atoms with Crippen molar-refractivity contribution in [3.8, 4) is 0 Å². The number of amides is 1. The minimum Gasteiger partial charge on any atom is -0.339 e. The first-order valence-corrected chi connectivity index (χ1v) is 9.89. The zero-order valence-corrected chi connectivity index (χ0v) is 13.6.